The standard InChI is InChI=1S/C31H35ClF3N9O2/c1-16(40-18(3)31(4,5)46)25-8-9-43(25)30-37-10-19(11-38-30)17(2)44-15-20(12-39-44)41-29(45)24-14-36-13-23(42-24)26-21(28(34)35)6-7-22(32)27(26)33/h6-7,10-18,25,28,40,46H,8-9H2,1-5H3,(H,41,45)/t16?,17?,18?,25-/m0/s1. The number of alkyl halides is 2. The van der Waals surface area contributed by atoms with Crippen LogP contribution >= 0.6 is 11.6 Å². The van der Waals surface area contributed by atoms with Crippen LogP contribution in [-0.4, -0.2) is 71.0 Å². The van der Waals surface area contributed by atoms with Crippen molar-refractivity contribution >= 4 is 29.1 Å². The number of carbonyl (C=O) groups is 1. The van der Waals surface area contributed by atoms with E-state index in [4.69, 9.17) is 11.6 Å². The summed E-state index contributed by atoms with van der Waals surface area (Å²) in [5, 5.41) is 20.4. The summed E-state index contributed by atoms with van der Waals surface area (Å²) >= 11 is 5.82. The second-order valence-electron chi connectivity index (χ2n) is 12.0. The number of rotatable bonds is 11. The molecule has 0 bridgehead atoms. The third kappa shape index (κ3) is 6.98. The van der Waals surface area contributed by atoms with E-state index in [9.17, 15) is 23.1 Å². The minimum Gasteiger partial charge on any atom is -0.389 e. The van der Waals surface area contributed by atoms with Gasteiger partial charge in [0.1, 0.15) is 5.69 Å². The Morgan fingerprint density at radius 2 is 1.83 bits per heavy atom. The first-order chi connectivity index (χ1) is 21.7. The number of anilines is 2. The molecule has 46 heavy (non-hydrogen) atoms. The number of halogens is 4. The highest BCUT2D eigenvalue weighted by Gasteiger charge is 2.36. The molecule has 3 unspecified atom stereocenters. The van der Waals surface area contributed by atoms with Gasteiger partial charge in [-0.3, -0.25) is 14.5 Å². The number of aliphatic hydroxyl groups is 1. The van der Waals surface area contributed by atoms with E-state index in [1.807, 2.05) is 13.8 Å². The second kappa shape index (κ2) is 13.3. The molecule has 0 aliphatic carbocycles. The quantitative estimate of drug-likeness (QED) is 0.193. The number of hydrogen-bond acceptors (Lipinski definition) is 9. The van der Waals surface area contributed by atoms with Gasteiger partial charge in [-0.05, 0) is 47.1 Å². The molecule has 1 aromatic carbocycles. The topological polar surface area (TPSA) is 134 Å². The highest BCUT2D eigenvalue weighted by molar-refractivity contribution is 6.31. The molecular formula is C31H35ClF3N9O2. The molecule has 15 heteroatoms. The van der Waals surface area contributed by atoms with E-state index in [1.165, 1.54) is 6.20 Å². The second-order valence-corrected chi connectivity index (χ2v) is 12.4. The minimum absolute atomic E-state index is 0.0874. The molecule has 4 aromatic rings. The SMILES string of the molecule is CC(NC(C)C(C)(C)O)[C@@H]1CCN1c1ncc(C(C)n2cc(NC(=O)c3cncc(-c4c(C(F)F)ccc(Cl)c4F)n3)cn2)cn1. The Morgan fingerprint density at radius 1 is 1.11 bits per heavy atom. The minimum atomic E-state index is -3.00. The van der Waals surface area contributed by atoms with Gasteiger partial charge in [-0.2, -0.15) is 5.10 Å². The molecule has 3 aromatic heterocycles. The number of amides is 1. The van der Waals surface area contributed by atoms with Crippen LogP contribution in [0.3, 0.4) is 0 Å². The van der Waals surface area contributed by atoms with Crippen LogP contribution < -0.4 is 15.5 Å². The zero-order chi connectivity index (χ0) is 33.3. The first-order valence-electron chi connectivity index (χ1n) is 14.8. The third-order valence-corrected chi connectivity index (χ3v) is 8.65. The molecule has 1 amide bonds. The van der Waals surface area contributed by atoms with Crippen LogP contribution in [0.5, 0.6) is 0 Å². The Hall–Kier alpha value is -4.14. The Kier molecular flexibility index (Phi) is 9.61. The van der Waals surface area contributed by atoms with Gasteiger partial charge in [0, 0.05) is 60.0 Å². The molecule has 11 nitrogen and oxygen atoms in total. The molecule has 0 radical (unpaired) electrons. The van der Waals surface area contributed by atoms with Crippen LogP contribution in [0.4, 0.5) is 24.8 Å². The molecule has 244 valence electrons. The summed E-state index contributed by atoms with van der Waals surface area (Å²) < 4.78 is 43.5. The largest absolute Gasteiger partial charge is 0.389 e. The molecular weight excluding hydrogens is 623 g/mol. The highest BCUT2D eigenvalue weighted by Crippen LogP contribution is 2.35. The van der Waals surface area contributed by atoms with Crippen molar-refractivity contribution in [3.8, 4) is 11.3 Å². The molecule has 1 aliphatic rings. The summed E-state index contributed by atoms with van der Waals surface area (Å²) in [4.78, 5) is 32.3. The summed E-state index contributed by atoms with van der Waals surface area (Å²) in [6.07, 6.45) is 6.75. The lowest BCUT2D eigenvalue weighted by atomic mass is 9.93. The van der Waals surface area contributed by atoms with E-state index in [0.29, 0.717) is 11.6 Å². The summed E-state index contributed by atoms with van der Waals surface area (Å²) in [6, 6.07) is 2.00. The fourth-order valence-corrected chi connectivity index (χ4v) is 5.30. The fourth-order valence-electron chi connectivity index (χ4n) is 5.15. The smallest absolute Gasteiger partial charge is 0.275 e. The lowest BCUT2D eigenvalue weighted by Gasteiger charge is -2.46. The van der Waals surface area contributed by atoms with E-state index in [1.54, 1.807) is 37.1 Å². The van der Waals surface area contributed by atoms with E-state index in [2.05, 4.69) is 47.5 Å². The summed E-state index contributed by atoms with van der Waals surface area (Å²) in [5.74, 6) is -1.15. The number of benzene rings is 1. The van der Waals surface area contributed by atoms with E-state index in [0.717, 1.165) is 43.1 Å². The maximum atomic E-state index is 14.7. The number of hydrogen-bond donors (Lipinski definition) is 3. The fraction of sp³-hybridized carbons (Fsp3) is 0.419. The Balaban J connectivity index is 1.24. The molecule has 1 saturated heterocycles. The highest BCUT2D eigenvalue weighted by atomic mass is 35.5. The van der Waals surface area contributed by atoms with Gasteiger partial charge in [0.2, 0.25) is 5.95 Å². The molecule has 5 rings (SSSR count). The summed E-state index contributed by atoms with van der Waals surface area (Å²) in [6.45, 7) is 10.4. The molecule has 1 fully saturated rings. The molecule has 0 saturated carbocycles. The van der Waals surface area contributed by atoms with Gasteiger partial charge in [0.15, 0.2) is 5.82 Å². The first-order valence-corrected chi connectivity index (χ1v) is 15.1. The van der Waals surface area contributed by atoms with Crippen LogP contribution in [0, 0.1) is 5.82 Å². The lowest BCUT2D eigenvalue weighted by Crippen LogP contribution is -2.61. The van der Waals surface area contributed by atoms with Crippen molar-refractivity contribution in [2.75, 3.05) is 16.8 Å². The van der Waals surface area contributed by atoms with Gasteiger partial charge < -0.3 is 20.6 Å². The lowest BCUT2D eigenvalue weighted by molar-refractivity contribution is 0.0381. The average molecular weight is 658 g/mol. The van der Waals surface area contributed by atoms with Crippen molar-refractivity contribution in [3.63, 3.8) is 0 Å². The number of nitrogens with one attached hydrogen (secondary N) is 2. The average Bonchev–Trinajstić information content (AvgIpc) is 3.45. The zero-order valence-corrected chi connectivity index (χ0v) is 26.7. The van der Waals surface area contributed by atoms with E-state index in [-0.39, 0.29) is 40.6 Å². The summed E-state index contributed by atoms with van der Waals surface area (Å²) in [7, 11) is 0. The molecule has 4 heterocycles. The van der Waals surface area contributed by atoms with Crippen molar-refractivity contribution in [1.29, 1.82) is 0 Å². The van der Waals surface area contributed by atoms with Crippen LogP contribution in [-0.2, 0) is 0 Å². The maximum absolute atomic E-state index is 14.7. The van der Waals surface area contributed by atoms with E-state index >= 15 is 0 Å². The van der Waals surface area contributed by atoms with Crippen LogP contribution in [0.2, 0.25) is 5.02 Å². The molecule has 3 N–H and O–H groups in total. The Bertz CT molecular complexity index is 1700. The van der Waals surface area contributed by atoms with Crippen LogP contribution in [0.1, 0.15) is 75.1 Å². The third-order valence-electron chi connectivity index (χ3n) is 8.35. The van der Waals surface area contributed by atoms with Crippen molar-refractivity contribution in [1.82, 2.24) is 35.0 Å². The van der Waals surface area contributed by atoms with Crippen LogP contribution in [0.25, 0.3) is 11.3 Å². The predicted molar refractivity (Wildman–Crippen MR) is 168 cm³/mol. The first kappa shape index (κ1) is 33.2. The number of nitrogens with zero attached hydrogens (tertiary/aromatic N) is 7. The van der Waals surface area contributed by atoms with Crippen molar-refractivity contribution in [2.24, 2.45) is 0 Å². The molecule has 0 spiro atoms. The van der Waals surface area contributed by atoms with E-state index < -0.39 is 34.9 Å². The van der Waals surface area contributed by atoms with Crippen molar-refractivity contribution in [2.45, 2.75) is 77.2 Å². The van der Waals surface area contributed by atoms with Crippen LogP contribution in [0.15, 0.2) is 49.3 Å². The van der Waals surface area contributed by atoms with Gasteiger partial charge in [0.25, 0.3) is 12.3 Å². The predicted octanol–water partition coefficient (Wildman–Crippen LogP) is 5.44. The zero-order valence-electron chi connectivity index (χ0n) is 25.9. The van der Waals surface area contributed by atoms with Gasteiger partial charge in [-0.25, -0.2) is 28.1 Å². The van der Waals surface area contributed by atoms with Gasteiger partial charge in [0.05, 0.1) is 46.6 Å². The van der Waals surface area contributed by atoms with Gasteiger partial charge >= 0.3 is 0 Å². The number of carbonyl (C=O) groups excluding carboxylic acids is 1. The Morgan fingerprint density at radius 3 is 2.46 bits per heavy atom. The molecule has 4 atom stereocenters. The normalized spacial score (nSPS) is 17.0. The van der Waals surface area contributed by atoms with Gasteiger partial charge in [-0.1, -0.05) is 17.7 Å². The monoisotopic (exact) mass is 657 g/mol. The Labute approximate surface area is 269 Å². The summed E-state index contributed by atoms with van der Waals surface area (Å²) in [5.41, 5.74) is -1.31. The maximum Gasteiger partial charge on any atom is 0.275 e. The molecule has 1 aliphatic heterocycles. The van der Waals surface area contributed by atoms with Crippen molar-refractivity contribution in [3.05, 3.63) is 77.0 Å². The number of aromatic nitrogens is 6. The van der Waals surface area contributed by atoms with Gasteiger partial charge in [-0.15, -0.1) is 0 Å². The van der Waals surface area contributed by atoms with Crippen molar-refractivity contribution < 1.29 is 23.1 Å².